The van der Waals surface area contributed by atoms with Crippen molar-refractivity contribution < 1.29 is 57.0 Å². The number of nitrogens with two attached hydrogens (primary N) is 1. The van der Waals surface area contributed by atoms with Crippen LogP contribution < -0.4 is 40.6 Å². The van der Waals surface area contributed by atoms with E-state index in [0.29, 0.717) is 0 Å². The Balaban J connectivity index is 0.00000338. The summed E-state index contributed by atoms with van der Waals surface area (Å²) in [7, 11) is -3.73. The Labute approximate surface area is 179 Å². The van der Waals surface area contributed by atoms with Gasteiger partial charge >= 0.3 is 29.6 Å². The smallest absolute Gasteiger partial charge is 0.731 e. The normalized spacial score (nSPS) is 20.2. The van der Waals surface area contributed by atoms with E-state index in [9.17, 15) is 22.6 Å². The Morgan fingerprint density at radius 2 is 2.27 bits per heavy atom. The monoisotopic (exact) mass is 431 g/mol. The molecule has 2 atom stereocenters. The van der Waals surface area contributed by atoms with E-state index in [1.54, 1.807) is 6.26 Å². The number of aromatic nitrogens is 1. The Morgan fingerprint density at radius 3 is 2.73 bits per heavy atom. The first-order valence-corrected chi connectivity index (χ1v) is 10.3. The summed E-state index contributed by atoms with van der Waals surface area (Å²) in [5, 5.41) is 7.61. The first kappa shape index (κ1) is 23.1. The van der Waals surface area contributed by atoms with Crippen LogP contribution in [0.4, 0.5) is 5.13 Å². The van der Waals surface area contributed by atoms with Crippen LogP contribution in [-0.4, -0.2) is 71.0 Å². The fourth-order valence-corrected chi connectivity index (χ4v) is 4.38. The average Bonchev–Trinajstić information content (AvgIpc) is 2.94. The number of carbonyl (C=O) groups excluding carboxylic acids is 2. The molecule has 15 heteroatoms. The van der Waals surface area contributed by atoms with Gasteiger partial charge in [-0.05, 0) is 6.26 Å². The van der Waals surface area contributed by atoms with E-state index < -0.39 is 34.2 Å². The molecule has 1 aliphatic heterocycles. The molecule has 1 saturated heterocycles. The standard InChI is InChI=1S/C11H15N5O6S3.Na/c1-22-15-7(5-3-24-11(12)13-5)9(17)14-8-6(4-23-2)16(10(8)18)25(19,20)21;/h3,6,8H,4H2,1-2H3,(H2,12,13)(H,14,17)(H,19,20,21);/q;+1/p-1/t6-,8+;/m0./s1. The van der Waals surface area contributed by atoms with Gasteiger partial charge in [-0.15, -0.1) is 11.3 Å². The van der Waals surface area contributed by atoms with Gasteiger partial charge in [0.05, 0.1) is 6.04 Å². The van der Waals surface area contributed by atoms with Crippen molar-refractivity contribution in [3.05, 3.63) is 11.1 Å². The molecule has 0 bridgehead atoms. The predicted octanol–water partition coefficient (Wildman–Crippen LogP) is -4.40. The molecule has 0 saturated carbocycles. The van der Waals surface area contributed by atoms with Gasteiger partial charge in [-0.3, -0.25) is 9.59 Å². The SMILES string of the molecule is CON=C(C(=O)N[C@H]1C(=O)N(S(=O)(=O)[O-])[C@H]1CSC)c1csc(N)n1.[Na+]. The molecule has 11 nitrogen and oxygen atoms in total. The van der Waals surface area contributed by atoms with Gasteiger partial charge in [-0.2, -0.15) is 11.8 Å². The summed E-state index contributed by atoms with van der Waals surface area (Å²) in [6.45, 7) is 0. The fraction of sp³-hybridized carbons (Fsp3) is 0.455. The number of nitrogens with one attached hydrogen (secondary N) is 1. The zero-order valence-electron chi connectivity index (χ0n) is 14.0. The third-order valence-electron chi connectivity index (χ3n) is 3.20. The third-order valence-corrected chi connectivity index (χ3v) is 5.48. The van der Waals surface area contributed by atoms with Crippen molar-refractivity contribution >= 4 is 56.1 Å². The van der Waals surface area contributed by atoms with Gasteiger partial charge < -0.3 is 20.4 Å². The van der Waals surface area contributed by atoms with Crippen LogP contribution in [0.15, 0.2) is 10.5 Å². The molecule has 1 aromatic heterocycles. The van der Waals surface area contributed by atoms with Gasteiger partial charge in [-0.25, -0.2) is 17.7 Å². The topological polar surface area (TPSA) is 167 Å². The Hall–Kier alpha value is -0.900. The number of thiazole rings is 1. The number of anilines is 1. The number of nitrogens with zero attached hydrogens (tertiary/aromatic N) is 3. The molecule has 0 aromatic carbocycles. The van der Waals surface area contributed by atoms with Crippen molar-refractivity contribution in [2.45, 2.75) is 12.1 Å². The minimum absolute atomic E-state index is 0. The quantitative estimate of drug-likeness (QED) is 0.142. The summed E-state index contributed by atoms with van der Waals surface area (Å²) in [5.41, 5.74) is 5.43. The molecule has 3 N–H and O–H groups in total. The van der Waals surface area contributed by atoms with Crippen LogP contribution in [0.5, 0.6) is 0 Å². The summed E-state index contributed by atoms with van der Waals surface area (Å²) in [4.78, 5) is 32.9. The van der Waals surface area contributed by atoms with Gasteiger partial charge in [0.2, 0.25) is 0 Å². The number of oxime groups is 1. The summed E-state index contributed by atoms with van der Waals surface area (Å²) < 4.78 is 33.7. The number of thioether (sulfide) groups is 1. The second-order valence-corrected chi connectivity index (χ2v) is 7.81. The molecule has 0 spiro atoms. The largest absolute Gasteiger partial charge is 1.00 e. The Bertz CT molecular complexity index is 813. The van der Waals surface area contributed by atoms with E-state index >= 15 is 0 Å². The van der Waals surface area contributed by atoms with Crippen LogP contribution in [0, 0.1) is 0 Å². The molecule has 1 aliphatic rings. The van der Waals surface area contributed by atoms with Crippen molar-refractivity contribution in [1.29, 1.82) is 0 Å². The van der Waals surface area contributed by atoms with Gasteiger partial charge in [-0.1, -0.05) is 5.16 Å². The summed E-state index contributed by atoms with van der Waals surface area (Å²) >= 11 is 2.30. The predicted molar refractivity (Wildman–Crippen MR) is 90.7 cm³/mol. The Morgan fingerprint density at radius 1 is 1.62 bits per heavy atom. The molecule has 26 heavy (non-hydrogen) atoms. The molecular weight excluding hydrogens is 417 g/mol. The molecule has 0 unspecified atom stereocenters. The molecule has 2 amide bonds. The van der Waals surface area contributed by atoms with Gasteiger partial charge in [0.15, 0.2) is 21.1 Å². The van der Waals surface area contributed by atoms with Gasteiger partial charge in [0.1, 0.15) is 18.8 Å². The molecule has 0 aliphatic carbocycles. The molecule has 1 fully saturated rings. The van der Waals surface area contributed by atoms with Crippen molar-refractivity contribution in [2.24, 2.45) is 5.16 Å². The maximum Gasteiger partial charge on any atom is 1.00 e. The van der Waals surface area contributed by atoms with Crippen LogP contribution in [0.25, 0.3) is 0 Å². The number of β-lactam (4-membered cyclic amide) rings is 1. The number of hydrogen-bond donors (Lipinski definition) is 2. The van der Waals surface area contributed by atoms with E-state index in [2.05, 4.69) is 20.3 Å². The van der Waals surface area contributed by atoms with Crippen molar-refractivity contribution in [2.75, 3.05) is 24.9 Å². The van der Waals surface area contributed by atoms with Crippen molar-refractivity contribution in [1.82, 2.24) is 14.6 Å². The third kappa shape index (κ3) is 4.88. The zero-order chi connectivity index (χ0) is 18.8. The second-order valence-electron chi connectivity index (χ2n) is 4.76. The fourth-order valence-electron chi connectivity index (χ4n) is 2.19. The van der Waals surface area contributed by atoms with E-state index in [0.717, 1.165) is 11.3 Å². The van der Waals surface area contributed by atoms with Crippen LogP contribution in [0.2, 0.25) is 0 Å². The molecule has 2 rings (SSSR count). The van der Waals surface area contributed by atoms with Crippen LogP contribution in [0.3, 0.4) is 0 Å². The summed E-state index contributed by atoms with van der Waals surface area (Å²) in [5.74, 6) is -1.66. The van der Waals surface area contributed by atoms with E-state index in [1.165, 1.54) is 24.3 Å². The molecular formula is C11H14N5NaO6S3. The number of nitrogen functional groups attached to an aromatic ring is 1. The number of amides is 2. The van der Waals surface area contributed by atoms with E-state index in [4.69, 9.17) is 5.73 Å². The van der Waals surface area contributed by atoms with Crippen LogP contribution in [-0.2, 0) is 24.7 Å². The number of hydrogen-bond acceptors (Lipinski definition) is 11. The zero-order valence-corrected chi connectivity index (χ0v) is 18.5. The number of rotatable bonds is 7. The first-order chi connectivity index (χ1) is 11.7. The van der Waals surface area contributed by atoms with E-state index in [1.807, 2.05) is 0 Å². The molecule has 2 heterocycles. The van der Waals surface area contributed by atoms with E-state index in [-0.39, 0.29) is 56.2 Å². The minimum Gasteiger partial charge on any atom is -0.731 e. The van der Waals surface area contributed by atoms with Crippen molar-refractivity contribution in [3.8, 4) is 0 Å². The summed E-state index contributed by atoms with van der Waals surface area (Å²) in [6.07, 6.45) is 1.67. The maximum absolute atomic E-state index is 12.4. The minimum atomic E-state index is -4.95. The molecule has 1 aromatic rings. The average molecular weight is 431 g/mol. The van der Waals surface area contributed by atoms with Crippen LogP contribution in [0.1, 0.15) is 5.69 Å². The Kier molecular flexibility index (Phi) is 8.32. The molecule has 138 valence electrons. The molecule has 0 radical (unpaired) electrons. The van der Waals surface area contributed by atoms with Gasteiger partial charge in [0, 0.05) is 11.1 Å². The van der Waals surface area contributed by atoms with Crippen LogP contribution >= 0.6 is 23.1 Å². The number of carbonyl (C=O) groups is 2. The maximum atomic E-state index is 12.4. The summed E-state index contributed by atoms with van der Waals surface area (Å²) in [6, 6.07) is -2.14. The van der Waals surface area contributed by atoms with Crippen molar-refractivity contribution in [3.63, 3.8) is 0 Å². The second kappa shape index (κ2) is 9.34. The van der Waals surface area contributed by atoms with Gasteiger partial charge in [0.25, 0.3) is 11.8 Å². The first-order valence-electron chi connectivity index (χ1n) is 6.62.